The van der Waals surface area contributed by atoms with Crippen molar-refractivity contribution in [2.75, 3.05) is 5.73 Å². The maximum absolute atomic E-state index is 13.1. The van der Waals surface area contributed by atoms with Crippen molar-refractivity contribution in [1.82, 2.24) is 14.9 Å². The van der Waals surface area contributed by atoms with Crippen molar-refractivity contribution >= 4 is 15.7 Å². The Hall–Kier alpha value is -1.93. The predicted molar refractivity (Wildman–Crippen MR) is 63.4 cm³/mol. The molecule has 0 saturated heterocycles. The van der Waals surface area contributed by atoms with E-state index in [2.05, 4.69) is 14.9 Å². The van der Waals surface area contributed by atoms with E-state index < -0.39 is 15.8 Å². The van der Waals surface area contributed by atoms with Gasteiger partial charge in [-0.15, -0.1) is 0 Å². The minimum absolute atomic E-state index is 0.0404. The largest absolute Gasteiger partial charge is 0.399 e. The molecule has 1 aromatic carbocycles. The zero-order valence-electron chi connectivity index (χ0n) is 9.22. The van der Waals surface area contributed by atoms with Gasteiger partial charge in [-0.05, 0) is 24.3 Å². The molecular formula is C10H11FN4O2S. The lowest BCUT2D eigenvalue weighted by molar-refractivity contribution is 0.576. The molecule has 0 aliphatic carbocycles. The monoisotopic (exact) mass is 270 g/mol. The van der Waals surface area contributed by atoms with Gasteiger partial charge in [0, 0.05) is 11.9 Å². The van der Waals surface area contributed by atoms with Gasteiger partial charge in [0.15, 0.2) is 0 Å². The first-order chi connectivity index (χ1) is 8.47. The fourth-order valence-electron chi connectivity index (χ4n) is 1.38. The van der Waals surface area contributed by atoms with Gasteiger partial charge in [-0.1, -0.05) is 0 Å². The molecule has 6 nitrogen and oxygen atoms in total. The van der Waals surface area contributed by atoms with E-state index in [1.807, 2.05) is 0 Å². The first kappa shape index (κ1) is 12.5. The van der Waals surface area contributed by atoms with E-state index in [0.29, 0.717) is 5.69 Å². The zero-order valence-corrected chi connectivity index (χ0v) is 10.0. The molecule has 96 valence electrons. The number of nitrogen functional groups attached to an aromatic ring is 1. The molecule has 8 heteroatoms. The van der Waals surface area contributed by atoms with Gasteiger partial charge < -0.3 is 5.73 Å². The number of benzene rings is 1. The number of aromatic amines is 1. The van der Waals surface area contributed by atoms with Crippen LogP contribution >= 0.6 is 0 Å². The van der Waals surface area contributed by atoms with Crippen molar-refractivity contribution in [3.05, 3.63) is 42.0 Å². The van der Waals surface area contributed by atoms with Gasteiger partial charge in [0.2, 0.25) is 10.0 Å². The molecule has 0 saturated carbocycles. The van der Waals surface area contributed by atoms with Gasteiger partial charge in [-0.2, -0.15) is 5.10 Å². The summed E-state index contributed by atoms with van der Waals surface area (Å²) in [5.41, 5.74) is 6.05. The third-order valence-corrected chi connectivity index (χ3v) is 3.60. The molecule has 4 N–H and O–H groups in total. The number of nitrogens with zero attached hydrogens (tertiary/aromatic N) is 1. The third-order valence-electron chi connectivity index (χ3n) is 2.21. The van der Waals surface area contributed by atoms with Crippen molar-refractivity contribution in [3.8, 4) is 0 Å². The Morgan fingerprint density at radius 1 is 1.39 bits per heavy atom. The molecule has 0 amide bonds. The third kappa shape index (κ3) is 2.84. The van der Waals surface area contributed by atoms with Crippen molar-refractivity contribution < 1.29 is 12.8 Å². The van der Waals surface area contributed by atoms with Crippen LogP contribution in [-0.4, -0.2) is 18.6 Å². The van der Waals surface area contributed by atoms with Crippen molar-refractivity contribution in [3.63, 3.8) is 0 Å². The summed E-state index contributed by atoms with van der Waals surface area (Å²) in [6, 6.07) is 4.78. The second kappa shape index (κ2) is 4.75. The summed E-state index contributed by atoms with van der Waals surface area (Å²) in [5, 5.41) is 6.29. The Morgan fingerprint density at radius 3 is 2.78 bits per heavy atom. The van der Waals surface area contributed by atoms with Crippen molar-refractivity contribution in [2.45, 2.75) is 11.4 Å². The summed E-state index contributed by atoms with van der Waals surface area (Å²) in [7, 11) is -3.80. The van der Waals surface area contributed by atoms with E-state index in [4.69, 9.17) is 5.73 Å². The van der Waals surface area contributed by atoms with Gasteiger partial charge in [0.05, 0.1) is 17.1 Å². The highest BCUT2D eigenvalue weighted by Gasteiger charge is 2.15. The van der Waals surface area contributed by atoms with E-state index in [0.717, 1.165) is 12.1 Å². The summed E-state index contributed by atoms with van der Waals surface area (Å²) in [5.74, 6) is -0.697. The normalized spacial score (nSPS) is 11.6. The predicted octanol–water partition coefficient (Wildman–Crippen LogP) is 0.609. The maximum Gasteiger partial charge on any atom is 0.241 e. The van der Waals surface area contributed by atoms with Crippen LogP contribution in [-0.2, 0) is 16.6 Å². The van der Waals surface area contributed by atoms with Gasteiger partial charge in [0.1, 0.15) is 5.82 Å². The first-order valence-electron chi connectivity index (χ1n) is 5.01. The molecular weight excluding hydrogens is 259 g/mol. The van der Waals surface area contributed by atoms with E-state index in [1.165, 1.54) is 12.3 Å². The lowest BCUT2D eigenvalue weighted by Gasteiger charge is -2.06. The number of aromatic nitrogens is 2. The average Bonchev–Trinajstić information content (AvgIpc) is 2.78. The molecule has 1 heterocycles. The molecule has 0 atom stereocenters. The Kier molecular flexibility index (Phi) is 3.30. The van der Waals surface area contributed by atoms with Crippen LogP contribution in [0.2, 0.25) is 0 Å². The SMILES string of the molecule is Nc1cc(F)cc(S(=O)(=O)NCc2ccn[nH]2)c1. The minimum Gasteiger partial charge on any atom is -0.399 e. The lowest BCUT2D eigenvalue weighted by atomic mass is 10.3. The minimum atomic E-state index is -3.80. The van der Waals surface area contributed by atoms with E-state index in [-0.39, 0.29) is 17.1 Å². The lowest BCUT2D eigenvalue weighted by Crippen LogP contribution is -2.23. The molecule has 1 aromatic heterocycles. The van der Waals surface area contributed by atoms with Gasteiger partial charge in [-0.3, -0.25) is 5.10 Å². The quantitative estimate of drug-likeness (QED) is 0.708. The number of nitrogens with two attached hydrogens (primary N) is 1. The number of rotatable bonds is 4. The second-order valence-electron chi connectivity index (χ2n) is 3.63. The van der Waals surface area contributed by atoms with Crippen LogP contribution in [0.5, 0.6) is 0 Å². The van der Waals surface area contributed by atoms with Crippen LogP contribution in [0.3, 0.4) is 0 Å². The van der Waals surface area contributed by atoms with Gasteiger partial charge in [-0.25, -0.2) is 17.5 Å². The van der Waals surface area contributed by atoms with Crippen molar-refractivity contribution in [2.24, 2.45) is 0 Å². The van der Waals surface area contributed by atoms with Crippen LogP contribution in [0.4, 0.5) is 10.1 Å². The summed E-state index contributed by atoms with van der Waals surface area (Å²) in [6.45, 7) is 0.0404. The van der Waals surface area contributed by atoms with E-state index in [1.54, 1.807) is 6.07 Å². The van der Waals surface area contributed by atoms with E-state index in [9.17, 15) is 12.8 Å². The average molecular weight is 270 g/mol. The highest BCUT2D eigenvalue weighted by molar-refractivity contribution is 7.89. The Morgan fingerprint density at radius 2 is 2.17 bits per heavy atom. The Balaban J connectivity index is 2.20. The second-order valence-corrected chi connectivity index (χ2v) is 5.39. The number of hydrogen-bond acceptors (Lipinski definition) is 4. The molecule has 0 aliphatic heterocycles. The standard InChI is InChI=1S/C10H11FN4O2S/c11-7-3-8(12)5-10(4-7)18(16,17)14-6-9-1-2-13-15-9/h1-5,14H,6,12H2,(H,13,15). The number of halogens is 1. The molecule has 18 heavy (non-hydrogen) atoms. The number of hydrogen-bond donors (Lipinski definition) is 3. The van der Waals surface area contributed by atoms with Crippen molar-refractivity contribution in [1.29, 1.82) is 0 Å². The summed E-state index contributed by atoms with van der Waals surface area (Å²) < 4.78 is 39.1. The smallest absolute Gasteiger partial charge is 0.241 e. The van der Waals surface area contributed by atoms with Crippen LogP contribution < -0.4 is 10.5 Å². The zero-order chi connectivity index (χ0) is 13.2. The number of H-pyrrole nitrogens is 1. The maximum atomic E-state index is 13.1. The summed E-state index contributed by atoms with van der Waals surface area (Å²) in [6.07, 6.45) is 1.50. The fourth-order valence-corrected chi connectivity index (χ4v) is 2.45. The highest BCUT2D eigenvalue weighted by Crippen LogP contribution is 2.15. The Labute approximate surface area is 103 Å². The molecule has 0 spiro atoms. The van der Waals surface area contributed by atoms with Crippen LogP contribution in [0.25, 0.3) is 0 Å². The first-order valence-corrected chi connectivity index (χ1v) is 6.50. The van der Waals surface area contributed by atoms with E-state index >= 15 is 0 Å². The molecule has 2 aromatic rings. The number of nitrogens with one attached hydrogen (secondary N) is 2. The molecule has 0 fully saturated rings. The van der Waals surface area contributed by atoms with Gasteiger partial charge >= 0.3 is 0 Å². The van der Waals surface area contributed by atoms with Crippen LogP contribution in [0.1, 0.15) is 5.69 Å². The highest BCUT2D eigenvalue weighted by atomic mass is 32.2. The Bertz CT molecular complexity index is 620. The molecule has 2 rings (SSSR count). The fraction of sp³-hybridized carbons (Fsp3) is 0.100. The van der Waals surface area contributed by atoms with Gasteiger partial charge in [0.25, 0.3) is 0 Å². The summed E-state index contributed by atoms with van der Waals surface area (Å²) >= 11 is 0. The molecule has 0 radical (unpaired) electrons. The summed E-state index contributed by atoms with van der Waals surface area (Å²) in [4.78, 5) is -0.209. The molecule has 0 unspecified atom stereocenters. The number of anilines is 1. The number of sulfonamides is 1. The molecule has 0 aliphatic rings. The van der Waals surface area contributed by atoms with Crippen LogP contribution in [0.15, 0.2) is 35.4 Å². The van der Waals surface area contributed by atoms with Crippen LogP contribution in [0, 0.1) is 5.82 Å². The topological polar surface area (TPSA) is 101 Å². The molecule has 0 bridgehead atoms.